The molecule has 0 saturated heterocycles. The summed E-state index contributed by atoms with van der Waals surface area (Å²) in [6, 6.07) is 11.8. The number of amides is 2. The van der Waals surface area contributed by atoms with Gasteiger partial charge < -0.3 is 14.2 Å². The molecule has 2 unspecified atom stereocenters. The topological polar surface area (TPSA) is 68.3 Å². The Morgan fingerprint density at radius 3 is 2.39 bits per heavy atom. The Labute approximate surface area is 181 Å². The third kappa shape index (κ3) is 4.57. The van der Waals surface area contributed by atoms with Crippen LogP contribution in [0.15, 0.2) is 42.5 Å². The van der Waals surface area contributed by atoms with Crippen LogP contribution in [-0.4, -0.2) is 44.0 Å². The Kier molecular flexibility index (Phi) is 6.99. The summed E-state index contributed by atoms with van der Waals surface area (Å²) in [5.41, 5.74) is 1.62. The lowest BCUT2D eigenvalue weighted by molar-refractivity contribution is -0.150. The molecule has 1 aliphatic rings. The van der Waals surface area contributed by atoms with Gasteiger partial charge in [0.2, 0.25) is 0 Å². The minimum atomic E-state index is -0.788. The number of rotatable bonds is 6. The molecule has 31 heavy (non-hydrogen) atoms. The third-order valence-corrected chi connectivity index (χ3v) is 5.35. The van der Waals surface area contributed by atoms with Crippen molar-refractivity contribution in [2.45, 2.75) is 38.8 Å². The standard InChI is InChI=1S/C23H27FN2O5/c1-5-31-23(28)26-15(2)11-18(17-12-20(29-3)21(30-4)13-19(17)26)22(27)25(24)14-16-9-7-6-8-10-16/h6-10,12-13,15,18H,5,11,14H2,1-4H3. The van der Waals surface area contributed by atoms with Gasteiger partial charge >= 0.3 is 6.09 Å². The molecule has 0 spiro atoms. The first-order chi connectivity index (χ1) is 14.9. The van der Waals surface area contributed by atoms with Crippen LogP contribution in [0.25, 0.3) is 0 Å². The quantitative estimate of drug-likeness (QED) is 0.633. The van der Waals surface area contributed by atoms with Gasteiger partial charge in [-0.3, -0.25) is 9.69 Å². The Hall–Kier alpha value is -3.29. The minimum absolute atomic E-state index is 0.158. The molecular weight excluding hydrogens is 403 g/mol. The highest BCUT2D eigenvalue weighted by Crippen LogP contribution is 2.45. The number of hydrogen-bond donors (Lipinski definition) is 0. The van der Waals surface area contributed by atoms with E-state index in [1.807, 2.05) is 6.07 Å². The molecular formula is C23H27FN2O5. The van der Waals surface area contributed by atoms with Gasteiger partial charge in [-0.25, -0.2) is 4.79 Å². The van der Waals surface area contributed by atoms with Crippen molar-refractivity contribution in [2.75, 3.05) is 25.7 Å². The monoisotopic (exact) mass is 430 g/mol. The second kappa shape index (κ2) is 9.68. The van der Waals surface area contributed by atoms with E-state index in [1.165, 1.54) is 19.1 Å². The molecule has 2 atom stereocenters. The fourth-order valence-electron chi connectivity index (χ4n) is 3.88. The van der Waals surface area contributed by atoms with Gasteiger partial charge in [0, 0.05) is 12.1 Å². The molecule has 0 fully saturated rings. The molecule has 2 aromatic carbocycles. The molecule has 166 valence electrons. The first kappa shape index (κ1) is 22.4. The van der Waals surface area contributed by atoms with Gasteiger partial charge in [-0.15, -0.1) is 0 Å². The average Bonchev–Trinajstić information content (AvgIpc) is 2.77. The molecule has 7 nitrogen and oxygen atoms in total. The van der Waals surface area contributed by atoms with Crippen LogP contribution in [0.1, 0.15) is 37.3 Å². The SMILES string of the molecule is CCOC(=O)N1c2cc(OC)c(OC)cc2C(C(=O)N(F)Cc2ccccc2)CC1C. The molecule has 0 saturated carbocycles. The first-order valence-corrected chi connectivity index (χ1v) is 10.1. The van der Waals surface area contributed by atoms with Crippen LogP contribution < -0.4 is 14.4 Å². The molecule has 8 heteroatoms. The van der Waals surface area contributed by atoms with Crippen molar-refractivity contribution in [3.63, 3.8) is 0 Å². The molecule has 0 aromatic heterocycles. The molecule has 3 rings (SSSR count). The summed E-state index contributed by atoms with van der Waals surface area (Å²) in [5, 5.41) is 0.229. The zero-order valence-corrected chi connectivity index (χ0v) is 18.1. The zero-order chi connectivity index (χ0) is 22.5. The molecule has 1 heterocycles. The summed E-state index contributed by atoms with van der Waals surface area (Å²) in [5.74, 6) is -0.667. The van der Waals surface area contributed by atoms with Crippen LogP contribution in [0.5, 0.6) is 11.5 Å². The second-order valence-electron chi connectivity index (χ2n) is 7.32. The third-order valence-electron chi connectivity index (χ3n) is 5.35. The van der Waals surface area contributed by atoms with E-state index in [-0.39, 0.29) is 30.7 Å². The number of halogens is 1. The van der Waals surface area contributed by atoms with Gasteiger partial charge in [-0.05, 0) is 37.5 Å². The Morgan fingerprint density at radius 1 is 1.13 bits per heavy atom. The largest absolute Gasteiger partial charge is 0.493 e. The van der Waals surface area contributed by atoms with E-state index in [9.17, 15) is 14.1 Å². The van der Waals surface area contributed by atoms with Gasteiger partial charge in [-0.1, -0.05) is 34.8 Å². The van der Waals surface area contributed by atoms with Crippen LogP contribution in [-0.2, 0) is 16.1 Å². The fourth-order valence-corrected chi connectivity index (χ4v) is 3.88. The normalized spacial score (nSPS) is 17.5. The van der Waals surface area contributed by atoms with Crippen molar-refractivity contribution in [1.29, 1.82) is 0 Å². The van der Waals surface area contributed by atoms with Gasteiger partial charge in [0.15, 0.2) is 11.5 Å². The maximum Gasteiger partial charge on any atom is 0.414 e. The number of ether oxygens (including phenoxy) is 3. The molecule has 0 aliphatic carbocycles. The number of carbonyl (C=O) groups excluding carboxylic acids is 2. The van der Waals surface area contributed by atoms with E-state index in [4.69, 9.17) is 14.2 Å². The number of fused-ring (bicyclic) bond motifs is 1. The van der Waals surface area contributed by atoms with Crippen LogP contribution >= 0.6 is 0 Å². The molecule has 0 bridgehead atoms. The Balaban J connectivity index is 2.01. The lowest BCUT2D eigenvalue weighted by Crippen LogP contribution is -2.46. The summed E-state index contributed by atoms with van der Waals surface area (Å²) >= 11 is 0. The number of anilines is 1. The van der Waals surface area contributed by atoms with Crippen molar-refractivity contribution in [3.05, 3.63) is 53.6 Å². The van der Waals surface area contributed by atoms with Gasteiger partial charge in [0.25, 0.3) is 5.91 Å². The number of hydrogen-bond acceptors (Lipinski definition) is 5. The first-order valence-electron chi connectivity index (χ1n) is 10.1. The average molecular weight is 430 g/mol. The van der Waals surface area contributed by atoms with Crippen molar-refractivity contribution in [2.24, 2.45) is 0 Å². The number of methoxy groups -OCH3 is 2. The fraction of sp³-hybridized carbons (Fsp3) is 0.391. The second-order valence-corrected chi connectivity index (χ2v) is 7.32. The predicted octanol–water partition coefficient (Wildman–Crippen LogP) is 4.46. The summed E-state index contributed by atoms with van der Waals surface area (Å²) in [6.45, 7) is 3.58. The number of carbonyl (C=O) groups is 2. The highest BCUT2D eigenvalue weighted by Gasteiger charge is 2.40. The predicted molar refractivity (Wildman–Crippen MR) is 114 cm³/mol. The van der Waals surface area contributed by atoms with E-state index >= 15 is 0 Å². The van der Waals surface area contributed by atoms with E-state index in [0.29, 0.717) is 28.3 Å². The summed E-state index contributed by atoms with van der Waals surface area (Å²) < 4.78 is 30.9. The zero-order valence-electron chi connectivity index (χ0n) is 18.1. The van der Waals surface area contributed by atoms with Crippen molar-refractivity contribution in [1.82, 2.24) is 5.12 Å². The number of benzene rings is 2. The molecule has 2 amide bonds. The lowest BCUT2D eigenvalue weighted by Gasteiger charge is -2.38. The lowest BCUT2D eigenvalue weighted by atomic mass is 9.85. The van der Waals surface area contributed by atoms with Crippen LogP contribution in [0.4, 0.5) is 15.0 Å². The van der Waals surface area contributed by atoms with Gasteiger partial charge in [0.1, 0.15) is 0 Å². The Bertz CT molecular complexity index is 937. The van der Waals surface area contributed by atoms with E-state index in [1.54, 1.807) is 50.2 Å². The molecule has 2 aromatic rings. The summed E-state index contributed by atoms with van der Waals surface area (Å²) in [7, 11) is 2.96. The van der Waals surface area contributed by atoms with Crippen molar-refractivity contribution < 1.29 is 28.3 Å². The van der Waals surface area contributed by atoms with Gasteiger partial charge in [-0.2, -0.15) is 5.12 Å². The minimum Gasteiger partial charge on any atom is -0.493 e. The van der Waals surface area contributed by atoms with E-state index in [2.05, 4.69) is 0 Å². The van der Waals surface area contributed by atoms with E-state index in [0.717, 1.165) is 0 Å². The summed E-state index contributed by atoms with van der Waals surface area (Å²) in [6.07, 6.45) is -0.286. The van der Waals surface area contributed by atoms with Gasteiger partial charge in [0.05, 0.1) is 39.0 Å². The highest BCUT2D eigenvalue weighted by atomic mass is 19.2. The Morgan fingerprint density at radius 2 is 1.77 bits per heavy atom. The van der Waals surface area contributed by atoms with E-state index < -0.39 is 17.9 Å². The summed E-state index contributed by atoms with van der Waals surface area (Å²) in [4.78, 5) is 27.2. The number of nitrogens with zero attached hydrogens (tertiary/aromatic N) is 2. The molecule has 1 aliphatic heterocycles. The van der Waals surface area contributed by atoms with Crippen molar-refractivity contribution in [3.8, 4) is 11.5 Å². The molecule has 0 N–H and O–H groups in total. The molecule has 0 radical (unpaired) electrons. The van der Waals surface area contributed by atoms with Crippen LogP contribution in [0.3, 0.4) is 0 Å². The maximum absolute atomic E-state index is 14.9. The van der Waals surface area contributed by atoms with Crippen molar-refractivity contribution >= 4 is 17.7 Å². The maximum atomic E-state index is 14.9. The highest BCUT2D eigenvalue weighted by molar-refractivity contribution is 5.95. The van der Waals surface area contributed by atoms with Crippen LogP contribution in [0, 0.1) is 0 Å². The smallest absolute Gasteiger partial charge is 0.414 e. The van der Waals surface area contributed by atoms with Crippen LogP contribution in [0.2, 0.25) is 0 Å².